The van der Waals surface area contributed by atoms with Crippen LogP contribution in [0.15, 0.2) is 36.7 Å². The van der Waals surface area contributed by atoms with Gasteiger partial charge in [0.1, 0.15) is 5.82 Å². The number of carbonyl (C=O) groups is 1. The number of nitrogens with two attached hydrogens (primary N) is 2. The van der Waals surface area contributed by atoms with Gasteiger partial charge in [-0.05, 0) is 37.1 Å². The van der Waals surface area contributed by atoms with Gasteiger partial charge in [-0.3, -0.25) is 4.79 Å². The van der Waals surface area contributed by atoms with Crippen LogP contribution in [-0.2, 0) is 0 Å². The maximum atomic E-state index is 14.6. The Bertz CT molecular complexity index is 1050. The molecule has 0 radical (unpaired) electrons. The fourth-order valence-corrected chi connectivity index (χ4v) is 3.61. The van der Waals surface area contributed by atoms with Gasteiger partial charge >= 0.3 is 0 Å². The molecule has 1 amide bonds. The van der Waals surface area contributed by atoms with Gasteiger partial charge in [0.15, 0.2) is 17.3 Å². The smallest absolute Gasteiger partial charge is 0.252 e. The van der Waals surface area contributed by atoms with E-state index < -0.39 is 11.7 Å². The van der Waals surface area contributed by atoms with E-state index in [-0.39, 0.29) is 29.3 Å². The second-order valence-corrected chi connectivity index (χ2v) is 7.14. The third-order valence-corrected chi connectivity index (χ3v) is 5.15. The maximum Gasteiger partial charge on any atom is 0.252 e. The van der Waals surface area contributed by atoms with E-state index in [9.17, 15) is 9.18 Å². The number of pyridine rings is 3. The zero-order chi connectivity index (χ0) is 20.4. The molecule has 0 aromatic carbocycles. The molecule has 3 heterocycles. The Morgan fingerprint density at radius 2 is 1.93 bits per heavy atom. The molecule has 4 rings (SSSR count). The number of nitrogens with zero attached hydrogens (tertiary/aromatic N) is 3. The van der Waals surface area contributed by atoms with Crippen molar-refractivity contribution in [2.24, 2.45) is 11.5 Å². The molecule has 1 aliphatic rings. The Morgan fingerprint density at radius 3 is 2.72 bits per heavy atom. The summed E-state index contributed by atoms with van der Waals surface area (Å²) in [6.07, 6.45) is 7.02. The van der Waals surface area contributed by atoms with Crippen molar-refractivity contribution in [2.45, 2.75) is 37.8 Å². The summed E-state index contributed by atoms with van der Waals surface area (Å²) in [5, 5.41) is 6.92. The second kappa shape index (κ2) is 7.96. The van der Waals surface area contributed by atoms with E-state index >= 15 is 0 Å². The minimum absolute atomic E-state index is 0.0383. The number of rotatable bonds is 5. The molecule has 3 aromatic rings. The molecule has 6 N–H and O–H groups in total. The molecule has 1 aliphatic carbocycles. The quantitative estimate of drug-likeness (QED) is 0.522. The lowest BCUT2D eigenvalue weighted by Gasteiger charge is -2.30. The average Bonchev–Trinajstić information content (AvgIpc) is 2.72. The molecule has 29 heavy (non-hydrogen) atoms. The molecule has 3 aromatic heterocycles. The van der Waals surface area contributed by atoms with Crippen LogP contribution < -0.4 is 22.1 Å². The highest BCUT2D eigenvalue weighted by atomic mass is 19.1. The predicted molar refractivity (Wildman–Crippen MR) is 109 cm³/mol. The van der Waals surface area contributed by atoms with Crippen molar-refractivity contribution in [3.05, 3.63) is 48.0 Å². The predicted octanol–water partition coefficient (Wildman–Crippen LogP) is 2.69. The number of hydrogen-bond acceptors (Lipinski definition) is 7. The van der Waals surface area contributed by atoms with Crippen molar-refractivity contribution in [3.8, 4) is 0 Å². The van der Waals surface area contributed by atoms with Gasteiger partial charge in [-0.25, -0.2) is 19.3 Å². The summed E-state index contributed by atoms with van der Waals surface area (Å²) in [4.78, 5) is 24.6. The first-order chi connectivity index (χ1) is 14.0. The van der Waals surface area contributed by atoms with Gasteiger partial charge in [-0.1, -0.05) is 12.8 Å². The Kier molecular flexibility index (Phi) is 5.22. The van der Waals surface area contributed by atoms with Crippen LogP contribution in [0, 0.1) is 5.82 Å². The summed E-state index contributed by atoms with van der Waals surface area (Å²) in [6.45, 7) is 0. The van der Waals surface area contributed by atoms with Gasteiger partial charge in [0.05, 0.1) is 11.3 Å². The minimum atomic E-state index is -0.781. The second-order valence-electron chi connectivity index (χ2n) is 7.14. The van der Waals surface area contributed by atoms with Crippen molar-refractivity contribution < 1.29 is 9.18 Å². The number of nitrogens with one attached hydrogen (secondary N) is 2. The Balaban J connectivity index is 1.72. The zero-order valence-corrected chi connectivity index (χ0v) is 15.7. The molecule has 0 spiro atoms. The van der Waals surface area contributed by atoms with E-state index in [1.54, 1.807) is 24.5 Å². The Morgan fingerprint density at radius 1 is 1.14 bits per heavy atom. The van der Waals surface area contributed by atoms with Gasteiger partial charge in [0.2, 0.25) is 0 Å². The first-order valence-corrected chi connectivity index (χ1v) is 9.52. The van der Waals surface area contributed by atoms with E-state index in [0.29, 0.717) is 11.3 Å². The molecule has 0 saturated heterocycles. The van der Waals surface area contributed by atoms with Crippen LogP contribution in [0.2, 0.25) is 0 Å². The van der Waals surface area contributed by atoms with Gasteiger partial charge in [-0.2, -0.15) is 0 Å². The van der Waals surface area contributed by atoms with Crippen LogP contribution in [0.3, 0.4) is 0 Å². The van der Waals surface area contributed by atoms with Crippen molar-refractivity contribution in [2.75, 3.05) is 10.6 Å². The minimum Gasteiger partial charge on any atom is -0.365 e. The SMILES string of the molecule is NC(=O)c1cc(F)c(NC2CCCCC2N)nc1Nc1ccnc2ncccc12. The molecule has 150 valence electrons. The molecule has 1 fully saturated rings. The number of aromatic nitrogens is 3. The summed E-state index contributed by atoms with van der Waals surface area (Å²) in [7, 11) is 0. The van der Waals surface area contributed by atoms with E-state index in [2.05, 4.69) is 25.6 Å². The number of halogens is 1. The maximum absolute atomic E-state index is 14.6. The molecular weight excluding hydrogens is 373 g/mol. The van der Waals surface area contributed by atoms with Gasteiger partial charge < -0.3 is 22.1 Å². The number of primary amides is 1. The summed E-state index contributed by atoms with van der Waals surface area (Å²) in [5.41, 5.74) is 12.7. The number of amides is 1. The van der Waals surface area contributed by atoms with Crippen molar-refractivity contribution in [1.29, 1.82) is 0 Å². The number of fused-ring (bicyclic) bond motifs is 1. The third-order valence-electron chi connectivity index (χ3n) is 5.15. The standard InChI is InChI=1S/C20H22FN7O/c21-13-10-12(17(23)29)19(28-20(13)27-16-6-2-1-5-14(16)22)26-15-7-9-25-18-11(15)4-3-8-24-18/h3-4,7-10,14,16H,1-2,5-6,22H2,(H2,23,29)(H2,24,25,26,27,28). The first-order valence-electron chi connectivity index (χ1n) is 9.52. The van der Waals surface area contributed by atoms with Crippen molar-refractivity contribution in [3.63, 3.8) is 0 Å². The third kappa shape index (κ3) is 3.95. The lowest BCUT2D eigenvalue weighted by molar-refractivity contribution is 0.100. The largest absolute Gasteiger partial charge is 0.365 e. The Hall–Kier alpha value is -3.33. The van der Waals surface area contributed by atoms with E-state index in [4.69, 9.17) is 11.5 Å². The summed E-state index contributed by atoms with van der Waals surface area (Å²) in [5.74, 6) is -1.24. The highest BCUT2D eigenvalue weighted by molar-refractivity contribution is 6.00. The molecule has 0 aliphatic heterocycles. The van der Waals surface area contributed by atoms with Crippen LogP contribution in [0.4, 0.5) is 21.7 Å². The highest BCUT2D eigenvalue weighted by Crippen LogP contribution is 2.28. The van der Waals surface area contributed by atoms with Gasteiger partial charge in [0, 0.05) is 29.9 Å². The van der Waals surface area contributed by atoms with E-state index in [0.717, 1.165) is 37.1 Å². The highest BCUT2D eigenvalue weighted by Gasteiger charge is 2.24. The van der Waals surface area contributed by atoms with Crippen molar-refractivity contribution >= 4 is 34.3 Å². The molecule has 8 nitrogen and oxygen atoms in total. The van der Waals surface area contributed by atoms with Crippen molar-refractivity contribution in [1.82, 2.24) is 15.0 Å². The van der Waals surface area contributed by atoms with Crippen LogP contribution >= 0.6 is 0 Å². The lowest BCUT2D eigenvalue weighted by atomic mass is 9.91. The zero-order valence-electron chi connectivity index (χ0n) is 15.7. The van der Waals surface area contributed by atoms with Crippen LogP contribution in [0.25, 0.3) is 11.0 Å². The average molecular weight is 395 g/mol. The van der Waals surface area contributed by atoms with Crippen LogP contribution in [-0.4, -0.2) is 32.9 Å². The van der Waals surface area contributed by atoms with Crippen LogP contribution in [0.5, 0.6) is 0 Å². The fourth-order valence-electron chi connectivity index (χ4n) is 3.61. The molecule has 1 saturated carbocycles. The normalized spacial score (nSPS) is 19.1. The molecular formula is C20H22FN7O. The summed E-state index contributed by atoms with van der Waals surface area (Å²) >= 11 is 0. The topological polar surface area (TPSA) is 132 Å². The molecule has 2 atom stereocenters. The van der Waals surface area contributed by atoms with Crippen LogP contribution in [0.1, 0.15) is 36.0 Å². The first kappa shape index (κ1) is 19.0. The molecule has 0 bridgehead atoms. The fraction of sp³-hybridized carbons (Fsp3) is 0.300. The molecule has 9 heteroatoms. The number of hydrogen-bond donors (Lipinski definition) is 4. The Labute approximate surface area is 166 Å². The monoisotopic (exact) mass is 395 g/mol. The molecule has 2 unspecified atom stereocenters. The van der Waals surface area contributed by atoms with Gasteiger partial charge in [-0.15, -0.1) is 0 Å². The van der Waals surface area contributed by atoms with E-state index in [1.165, 1.54) is 0 Å². The van der Waals surface area contributed by atoms with Gasteiger partial charge in [0.25, 0.3) is 5.91 Å². The number of anilines is 3. The summed E-state index contributed by atoms with van der Waals surface area (Å²) < 4.78 is 14.6. The van der Waals surface area contributed by atoms with E-state index in [1.807, 2.05) is 6.07 Å². The summed E-state index contributed by atoms with van der Waals surface area (Å²) in [6, 6.07) is 6.28. The number of carbonyl (C=O) groups excluding carboxylic acids is 1. The lowest BCUT2D eigenvalue weighted by Crippen LogP contribution is -2.43.